The van der Waals surface area contributed by atoms with Crippen LogP contribution in [0.5, 0.6) is 0 Å². The van der Waals surface area contributed by atoms with Gasteiger partial charge in [0, 0.05) is 25.3 Å². The Hall–Kier alpha value is -1.39. The minimum Gasteiger partial charge on any atom is -0.375 e. The Labute approximate surface area is 115 Å². The lowest BCUT2D eigenvalue weighted by Gasteiger charge is -2.25. The average Bonchev–Trinajstić information content (AvgIpc) is 2.30. The van der Waals surface area contributed by atoms with Gasteiger partial charge in [0.05, 0.1) is 5.60 Å². The second-order valence-electron chi connectivity index (χ2n) is 5.30. The number of aryl methyl sites for hydroxylation is 1. The number of ether oxygens (including phenoxy) is 1. The molecule has 4 heteroatoms. The summed E-state index contributed by atoms with van der Waals surface area (Å²) in [5.74, 6) is -0.389. The number of rotatable bonds is 7. The Bertz CT molecular complexity index is 442. The quantitative estimate of drug-likeness (QED) is 0.791. The van der Waals surface area contributed by atoms with Crippen molar-refractivity contribution in [1.82, 2.24) is 5.32 Å². The van der Waals surface area contributed by atoms with Gasteiger partial charge < -0.3 is 15.8 Å². The summed E-state index contributed by atoms with van der Waals surface area (Å²) in [5, 5.41) is 3.38. The van der Waals surface area contributed by atoms with Gasteiger partial charge in [-0.3, -0.25) is 4.79 Å². The van der Waals surface area contributed by atoms with Crippen LogP contribution in [-0.2, 0) is 11.3 Å². The molecule has 0 aromatic heterocycles. The van der Waals surface area contributed by atoms with E-state index in [4.69, 9.17) is 10.5 Å². The molecule has 106 valence electrons. The fourth-order valence-electron chi connectivity index (χ4n) is 1.99. The monoisotopic (exact) mass is 264 g/mol. The summed E-state index contributed by atoms with van der Waals surface area (Å²) in [6.45, 7) is 10.3. The third-order valence-electron chi connectivity index (χ3n) is 3.03. The lowest BCUT2D eigenvalue weighted by molar-refractivity contribution is -0.00898. The number of amides is 1. The maximum Gasteiger partial charge on any atom is 0.248 e. The van der Waals surface area contributed by atoms with Crippen LogP contribution >= 0.6 is 0 Å². The predicted molar refractivity (Wildman–Crippen MR) is 77.1 cm³/mol. The molecule has 0 aliphatic heterocycles. The van der Waals surface area contributed by atoms with E-state index in [1.165, 1.54) is 0 Å². The molecule has 1 amide bonds. The molecule has 0 heterocycles. The van der Waals surface area contributed by atoms with Gasteiger partial charge in [-0.15, -0.1) is 0 Å². The third kappa shape index (κ3) is 5.01. The van der Waals surface area contributed by atoms with E-state index in [9.17, 15) is 4.79 Å². The first-order valence-corrected chi connectivity index (χ1v) is 6.59. The van der Waals surface area contributed by atoms with Crippen LogP contribution in [0.4, 0.5) is 0 Å². The molecule has 0 saturated carbocycles. The van der Waals surface area contributed by atoms with E-state index in [0.29, 0.717) is 12.2 Å². The second-order valence-corrected chi connectivity index (χ2v) is 5.30. The molecule has 0 aliphatic rings. The van der Waals surface area contributed by atoms with Gasteiger partial charge in [-0.05, 0) is 51.0 Å². The molecule has 1 aromatic rings. The molecule has 1 rings (SSSR count). The van der Waals surface area contributed by atoms with Gasteiger partial charge in [-0.25, -0.2) is 0 Å². The van der Waals surface area contributed by atoms with Gasteiger partial charge in [0.1, 0.15) is 0 Å². The van der Waals surface area contributed by atoms with Crippen LogP contribution in [-0.4, -0.2) is 24.7 Å². The zero-order valence-electron chi connectivity index (χ0n) is 12.2. The van der Waals surface area contributed by atoms with Crippen LogP contribution < -0.4 is 11.1 Å². The third-order valence-corrected chi connectivity index (χ3v) is 3.03. The normalized spacial score (nSPS) is 11.6. The summed E-state index contributed by atoms with van der Waals surface area (Å²) in [6.07, 6.45) is 0. The topological polar surface area (TPSA) is 64.3 Å². The van der Waals surface area contributed by atoms with Crippen molar-refractivity contribution in [1.29, 1.82) is 0 Å². The van der Waals surface area contributed by atoms with Gasteiger partial charge in [0.2, 0.25) is 5.91 Å². The molecular weight excluding hydrogens is 240 g/mol. The van der Waals surface area contributed by atoms with Crippen LogP contribution in [0.15, 0.2) is 18.2 Å². The average molecular weight is 264 g/mol. The first kappa shape index (κ1) is 15.7. The highest BCUT2D eigenvalue weighted by Crippen LogP contribution is 2.12. The Morgan fingerprint density at radius 2 is 2.11 bits per heavy atom. The van der Waals surface area contributed by atoms with E-state index >= 15 is 0 Å². The molecule has 0 atom stereocenters. The fraction of sp³-hybridized carbons (Fsp3) is 0.533. The number of carbonyl (C=O) groups is 1. The number of benzene rings is 1. The van der Waals surface area contributed by atoms with Crippen molar-refractivity contribution < 1.29 is 9.53 Å². The molecule has 19 heavy (non-hydrogen) atoms. The minimum absolute atomic E-state index is 0.171. The zero-order chi connectivity index (χ0) is 14.5. The van der Waals surface area contributed by atoms with E-state index in [2.05, 4.69) is 19.2 Å². The Morgan fingerprint density at radius 3 is 2.63 bits per heavy atom. The number of hydrogen-bond acceptors (Lipinski definition) is 3. The Morgan fingerprint density at radius 1 is 1.42 bits per heavy atom. The van der Waals surface area contributed by atoms with Gasteiger partial charge >= 0.3 is 0 Å². The first-order valence-electron chi connectivity index (χ1n) is 6.59. The lowest BCUT2D eigenvalue weighted by atomic mass is 10.0. The summed E-state index contributed by atoms with van der Waals surface area (Å²) in [6, 6.07) is 5.53. The highest BCUT2D eigenvalue weighted by molar-refractivity contribution is 5.93. The van der Waals surface area contributed by atoms with Crippen molar-refractivity contribution in [3.05, 3.63) is 34.9 Å². The van der Waals surface area contributed by atoms with E-state index in [-0.39, 0.29) is 11.5 Å². The molecule has 3 N–H and O–H groups in total. The van der Waals surface area contributed by atoms with Crippen LogP contribution in [0.25, 0.3) is 0 Å². The number of nitrogens with one attached hydrogen (secondary N) is 1. The van der Waals surface area contributed by atoms with E-state index in [1.54, 1.807) is 6.07 Å². The largest absolute Gasteiger partial charge is 0.375 e. The van der Waals surface area contributed by atoms with Crippen molar-refractivity contribution >= 4 is 5.91 Å². The van der Waals surface area contributed by atoms with Crippen molar-refractivity contribution in [3.8, 4) is 0 Å². The molecule has 0 bridgehead atoms. The number of nitrogens with two attached hydrogens (primary N) is 1. The summed E-state index contributed by atoms with van der Waals surface area (Å²) in [4.78, 5) is 11.1. The van der Waals surface area contributed by atoms with E-state index in [0.717, 1.165) is 24.2 Å². The zero-order valence-corrected chi connectivity index (χ0v) is 12.2. The molecule has 1 aromatic carbocycles. The smallest absolute Gasteiger partial charge is 0.248 e. The summed E-state index contributed by atoms with van der Waals surface area (Å²) in [7, 11) is 0. The second kappa shape index (κ2) is 6.68. The van der Waals surface area contributed by atoms with Gasteiger partial charge in [0.15, 0.2) is 0 Å². The van der Waals surface area contributed by atoms with Crippen molar-refractivity contribution in [2.75, 3.05) is 13.2 Å². The summed E-state index contributed by atoms with van der Waals surface area (Å²) < 4.78 is 5.62. The molecule has 0 unspecified atom stereocenters. The highest BCUT2D eigenvalue weighted by Gasteiger charge is 2.16. The number of primary amides is 1. The standard InChI is InChI=1S/C15H24N2O2/c1-5-19-15(3,4)10-17-9-13-7-6-12(14(16)18)8-11(13)2/h6-8,17H,5,9-10H2,1-4H3,(H2,16,18). The Kier molecular flexibility index (Phi) is 5.51. The minimum atomic E-state index is -0.389. The van der Waals surface area contributed by atoms with E-state index in [1.807, 2.05) is 26.0 Å². The SMILES string of the molecule is CCOC(C)(C)CNCc1ccc(C(N)=O)cc1C. The first-order chi connectivity index (χ1) is 8.85. The summed E-state index contributed by atoms with van der Waals surface area (Å²) in [5.41, 5.74) is 7.86. The molecular formula is C15H24N2O2. The van der Waals surface area contributed by atoms with Gasteiger partial charge in [0.25, 0.3) is 0 Å². The van der Waals surface area contributed by atoms with E-state index < -0.39 is 0 Å². The van der Waals surface area contributed by atoms with Gasteiger partial charge in [-0.2, -0.15) is 0 Å². The highest BCUT2D eigenvalue weighted by atomic mass is 16.5. The molecule has 0 spiro atoms. The maximum atomic E-state index is 11.1. The van der Waals surface area contributed by atoms with Crippen LogP contribution in [0.2, 0.25) is 0 Å². The van der Waals surface area contributed by atoms with Crippen LogP contribution in [0, 0.1) is 6.92 Å². The van der Waals surface area contributed by atoms with Crippen molar-refractivity contribution in [2.45, 2.75) is 39.8 Å². The molecule has 4 nitrogen and oxygen atoms in total. The fourth-order valence-corrected chi connectivity index (χ4v) is 1.99. The van der Waals surface area contributed by atoms with Crippen LogP contribution in [0.1, 0.15) is 42.3 Å². The number of hydrogen-bond donors (Lipinski definition) is 2. The Balaban J connectivity index is 2.57. The van der Waals surface area contributed by atoms with Crippen LogP contribution in [0.3, 0.4) is 0 Å². The molecule has 0 radical (unpaired) electrons. The molecule has 0 aliphatic carbocycles. The predicted octanol–water partition coefficient (Wildman–Crippen LogP) is 2.00. The van der Waals surface area contributed by atoms with Gasteiger partial charge in [-0.1, -0.05) is 6.07 Å². The van der Waals surface area contributed by atoms with Crippen molar-refractivity contribution in [2.24, 2.45) is 5.73 Å². The van der Waals surface area contributed by atoms with Crippen molar-refractivity contribution in [3.63, 3.8) is 0 Å². The number of carbonyl (C=O) groups excluding carboxylic acids is 1. The maximum absolute atomic E-state index is 11.1. The summed E-state index contributed by atoms with van der Waals surface area (Å²) >= 11 is 0. The molecule has 0 fully saturated rings. The molecule has 0 saturated heterocycles. The lowest BCUT2D eigenvalue weighted by Crippen LogP contribution is -2.37.